The maximum absolute atomic E-state index is 14.0. The zero-order valence-electron chi connectivity index (χ0n) is 31.6. The van der Waals surface area contributed by atoms with E-state index in [1.54, 1.807) is 71.6 Å². The second-order valence-corrected chi connectivity index (χ2v) is 16.5. The molecule has 1 aromatic heterocycles. The van der Waals surface area contributed by atoms with Crippen molar-refractivity contribution in [1.82, 2.24) is 19.5 Å². The van der Waals surface area contributed by atoms with E-state index < -0.39 is 27.5 Å². The Morgan fingerprint density at radius 3 is 1.98 bits per heavy atom. The van der Waals surface area contributed by atoms with Gasteiger partial charge in [-0.2, -0.15) is 4.31 Å². The van der Waals surface area contributed by atoms with Gasteiger partial charge in [0.15, 0.2) is 0 Å². The number of nitrogens with one attached hydrogen (secondary N) is 2. The summed E-state index contributed by atoms with van der Waals surface area (Å²) >= 11 is 0. The fourth-order valence-corrected chi connectivity index (χ4v) is 9.00. The van der Waals surface area contributed by atoms with Crippen molar-refractivity contribution in [2.45, 2.75) is 48.9 Å². The number of fused-ring (bicyclic) bond motifs is 1. The Bertz CT molecular complexity index is 2560. The van der Waals surface area contributed by atoms with Crippen molar-refractivity contribution in [3.8, 4) is 5.75 Å². The van der Waals surface area contributed by atoms with Gasteiger partial charge >= 0.3 is 5.97 Å². The maximum Gasteiger partial charge on any atom is 0.314 e. The summed E-state index contributed by atoms with van der Waals surface area (Å²) in [6.45, 7) is 1.35. The van der Waals surface area contributed by atoms with Crippen LogP contribution >= 0.6 is 0 Å². The first-order valence-electron chi connectivity index (χ1n) is 19.0. The molecule has 58 heavy (non-hydrogen) atoms. The summed E-state index contributed by atoms with van der Waals surface area (Å²) in [5, 5.41) is 35.0. The van der Waals surface area contributed by atoms with Crippen molar-refractivity contribution in [3.05, 3.63) is 177 Å². The van der Waals surface area contributed by atoms with E-state index in [9.17, 15) is 38.1 Å². The Balaban J connectivity index is 1.00. The smallest absolute Gasteiger partial charge is 0.314 e. The molecular weight excluding hydrogens is 757 g/mol. The SMILES string of the molecule is O=C(c1ccc(CN(Cc2ccc(CNC[C@H](O)c3ccc(O)c4[nH]c(=O)ccc34)cc2)S(=O)(=O)c2ccccc2)cc1)N1CCC(C(=O)O)(c2ccccc2)CC1. The number of aliphatic hydroxyl groups excluding tert-OH is 1. The highest BCUT2D eigenvalue weighted by molar-refractivity contribution is 7.89. The molecule has 12 nitrogen and oxygen atoms in total. The van der Waals surface area contributed by atoms with E-state index in [4.69, 9.17) is 0 Å². The molecule has 0 radical (unpaired) electrons. The monoisotopic (exact) mass is 800 g/mol. The number of H-pyrrole nitrogens is 1. The number of amides is 1. The minimum atomic E-state index is -3.93. The van der Waals surface area contributed by atoms with Crippen LogP contribution in [0.1, 0.15) is 57.1 Å². The molecule has 1 fully saturated rings. The minimum absolute atomic E-state index is 0.0502. The van der Waals surface area contributed by atoms with E-state index in [-0.39, 0.29) is 47.3 Å². The van der Waals surface area contributed by atoms with Crippen molar-refractivity contribution in [3.63, 3.8) is 0 Å². The van der Waals surface area contributed by atoms with Gasteiger partial charge in [-0.15, -0.1) is 0 Å². The van der Waals surface area contributed by atoms with Crippen LogP contribution in [0.2, 0.25) is 0 Å². The van der Waals surface area contributed by atoms with Crippen LogP contribution in [0, 0.1) is 0 Å². The molecule has 5 aromatic carbocycles. The zero-order valence-corrected chi connectivity index (χ0v) is 32.4. The van der Waals surface area contributed by atoms with Crippen molar-refractivity contribution in [2.75, 3.05) is 19.6 Å². The van der Waals surface area contributed by atoms with Gasteiger partial charge in [0.25, 0.3) is 5.91 Å². The Hall–Kier alpha value is -6.12. The molecule has 1 aliphatic heterocycles. The second kappa shape index (κ2) is 17.2. The molecule has 7 rings (SSSR count). The highest BCUT2D eigenvalue weighted by Crippen LogP contribution is 2.36. The van der Waals surface area contributed by atoms with Crippen LogP contribution in [0.5, 0.6) is 5.75 Å². The fraction of sp³-hybridized carbons (Fsp3) is 0.222. The highest BCUT2D eigenvalue weighted by atomic mass is 32.2. The fourth-order valence-electron chi connectivity index (χ4n) is 7.56. The van der Waals surface area contributed by atoms with Crippen LogP contribution in [-0.4, -0.2) is 69.4 Å². The quantitative estimate of drug-likeness (QED) is 0.0923. The number of pyridine rings is 1. The Morgan fingerprint density at radius 1 is 0.776 bits per heavy atom. The first-order chi connectivity index (χ1) is 27.9. The predicted molar refractivity (Wildman–Crippen MR) is 220 cm³/mol. The first-order valence-corrected chi connectivity index (χ1v) is 20.4. The number of hydrogen-bond acceptors (Lipinski definition) is 8. The molecule has 5 N–H and O–H groups in total. The lowest BCUT2D eigenvalue weighted by atomic mass is 9.73. The number of piperidine rings is 1. The van der Waals surface area contributed by atoms with Crippen LogP contribution in [0.4, 0.5) is 0 Å². The van der Waals surface area contributed by atoms with Gasteiger partial charge in [-0.3, -0.25) is 14.4 Å². The number of aromatic hydroxyl groups is 1. The summed E-state index contributed by atoms with van der Waals surface area (Å²) in [5.74, 6) is -1.18. The summed E-state index contributed by atoms with van der Waals surface area (Å²) < 4.78 is 29.4. The Labute approximate surface area is 336 Å². The van der Waals surface area contributed by atoms with Crippen LogP contribution < -0.4 is 10.9 Å². The number of phenols is 1. The number of sulfonamides is 1. The number of carboxylic acids is 1. The van der Waals surface area contributed by atoms with Crippen molar-refractivity contribution in [1.29, 1.82) is 0 Å². The lowest BCUT2D eigenvalue weighted by molar-refractivity contribution is -0.145. The summed E-state index contributed by atoms with van der Waals surface area (Å²) in [6.07, 6.45) is -0.319. The van der Waals surface area contributed by atoms with Gasteiger partial charge in [-0.1, -0.05) is 91.0 Å². The molecule has 0 aliphatic carbocycles. The van der Waals surface area contributed by atoms with Crippen LogP contribution in [0.15, 0.2) is 143 Å². The number of rotatable bonds is 14. The Kier molecular flexibility index (Phi) is 11.9. The third-order valence-corrected chi connectivity index (χ3v) is 12.7. The largest absolute Gasteiger partial charge is 0.506 e. The number of hydrogen-bond donors (Lipinski definition) is 5. The summed E-state index contributed by atoms with van der Waals surface area (Å²) in [6, 6.07) is 37.7. The first kappa shape index (κ1) is 40.1. The minimum Gasteiger partial charge on any atom is -0.506 e. The topological polar surface area (TPSA) is 180 Å². The summed E-state index contributed by atoms with van der Waals surface area (Å²) in [5.41, 5.74) is 2.95. The number of carbonyl (C=O) groups excluding carboxylic acids is 1. The van der Waals surface area contributed by atoms with Crippen molar-refractivity contribution >= 4 is 32.8 Å². The molecule has 0 saturated carbocycles. The number of aliphatic hydroxyl groups is 1. The van der Waals surface area contributed by atoms with Crippen LogP contribution in [0.3, 0.4) is 0 Å². The number of aromatic amines is 1. The van der Waals surface area contributed by atoms with Gasteiger partial charge in [-0.25, -0.2) is 8.42 Å². The number of carbonyl (C=O) groups is 2. The normalized spacial score (nSPS) is 14.7. The van der Waals surface area contributed by atoms with Crippen molar-refractivity contribution < 1.29 is 33.3 Å². The molecular formula is C45H44N4O8S. The lowest BCUT2D eigenvalue weighted by Crippen LogP contribution is -2.49. The summed E-state index contributed by atoms with van der Waals surface area (Å²) in [7, 11) is -3.93. The zero-order chi connectivity index (χ0) is 40.9. The molecule has 0 unspecified atom stereocenters. The number of carboxylic acid groups (broad SMARTS) is 1. The number of aliphatic carboxylic acids is 1. The maximum atomic E-state index is 14.0. The molecule has 0 spiro atoms. The third-order valence-electron chi connectivity index (χ3n) is 10.9. The lowest BCUT2D eigenvalue weighted by Gasteiger charge is -2.39. The number of nitrogens with zero attached hydrogens (tertiary/aromatic N) is 2. The van der Waals surface area contributed by atoms with Gasteiger partial charge < -0.3 is 30.5 Å². The van der Waals surface area contributed by atoms with Crippen LogP contribution in [-0.2, 0) is 39.9 Å². The van der Waals surface area contributed by atoms with Gasteiger partial charge in [0.05, 0.1) is 21.9 Å². The molecule has 0 bridgehead atoms. The summed E-state index contributed by atoms with van der Waals surface area (Å²) in [4.78, 5) is 42.1. The standard InChI is InChI=1S/C45H44N4O8S/c50-39-21-19-37(38-20-22-41(52)47-42(38)39)40(51)28-46-27-31-11-13-32(14-12-31)29-49(58(56,57)36-9-5-2-6-10-36)30-33-15-17-34(18-16-33)43(53)48-25-23-45(24-26-48,44(54)55)35-7-3-1-4-8-35/h1-22,40,46,50-51H,23-30H2,(H,47,52)(H,54,55)/t40-/m0/s1. The predicted octanol–water partition coefficient (Wildman–Crippen LogP) is 5.71. The van der Waals surface area contributed by atoms with E-state index in [2.05, 4.69) is 10.3 Å². The van der Waals surface area contributed by atoms with E-state index in [1.165, 1.54) is 16.4 Å². The van der Waals surface area contributed by atoms with Crippen molar-refractivity contribution in [2.24, 2.45) is 0 Å². The molecule has 1 saturated heterocycles. The average Bonchev–Trinajstić information content (AvgIpc) is 3.25. The third kappa shape index (κ3) is 8.58. The van der Waals surface area contributed by atoms with Gasteiger partial charge in [-0.05, 0) is 77.1 Å². The number of likely N-dealkylation sites (tertiary alicyclic amines) is 1. The van der Waals surface area contributed by atoms with E-state index in [0.717, 1.165) is 16.7 Å². The van der Waals surface area contributed by atoms with E-state index >= 15 is 0 Å². The number of benzene rings is 5. The van der Waals surface area contributed by atoms with Gasteiger partial charge in [0.2, 0.25) is 15.6 Å². The molecule has 298 valence electrons. The Morgan fingerprint density at radius 2 is 1.36 bits per heavy atom. The van der Waals surface area contributed by atoms with Gasteiger partial charge in [0.1, 0.15) is 5.75 Å². The van der Waals surface area contributed by atoms with E-state index in [1.807, 2.05) is 54.6 Å². The molecule has 1 atom stereocenters. The molecule has 13 heteroatoms. The average molecular weight is 801 g/mol. The molecule has 1 amide bonds. The highest BCUT2D eigenvalue weighted by Gasteiger charge is 2.44. The number of aromatic nitrogens is 1. The molecule has 6 aromatic rings. The second-order valence-electron chi connectivity index (χ2n) is 14.6. The number of phenolic OH excluding ortho intramolecular Hbond substituents is 1. The van der Waals surface area contributed by atoms with Crippen LogP contribution in [0.25, 0.3) is 10.9 Å². The molecule has 1 aliphatic rings. The van der Waals surface area contributed by atoms with Gasteiger partial charge in [0, 0.05) is 56.3 Å². The molecule has 2 heterocycles. The van der Waals surface area contributed by atoms with E-state index in [0.29, 0.717) is 54.6 Å².